The van der Waals surface area contributed by atoms with Crippen molar-refractivity contribution in [3.8, 4) is 0 Å². The number of benzene rings is 1. The number of likely N-dealkylation sites (N-methyl/N-ethyl adjacent to an activating group) is 1. The van der Waals surface area contributed by atoms with E-state index in [1.165, 1.54) is 24.0 Å². The Bertz CT molecular complexity index is 284. The Morgan fingerprint density at radius 2 is 1.75 bits per heavy atom. The predicted molar refractivity (Wildman–Crippen MR) is 70.9 cm³/mol. The van der Waals surface area contributed by atoms with E-state index in [4.69, 9.17) is 0 Å². The zero-order valence-corrected chi connectivity index (χ0v) is 10.6. The van der Waals surface area contributed by atoms with Crippen molar-refractivity contribution in [3.05, 3.63) is 35.4 Å². The van der Waals surface area contributed by atoms with Crippen LogP contribution < -0.4 is 10.6 Å². The highest BCUT2D eigenvalue weighted by molar-refractivity contribution is 5.25. The average Bonchev–Trinajstić information content (AvgIpc) is 2.30. The van der Waals surface area contributed by atoms with E-state index < -0.39 is 0 Å². The molecule has 0 spiro atoms. The lowest BCUT2D eigenvalue weighted by molar-refractivity contribution is 0.606. The zero-order valence-electron chi connectivity index (χ0n) is 10.6. The van der Waals surface area contributed by atoms with Gasteiger partial charge in [0.25, 0.3) is 0 Å². The Kier molecular flexibility index (Phi) is 6.86. The van der Waals surface area contributed by atoms with Gasteiger partial charge in [-0.05, 0) is 44.0 Å². The first-order valence-corrected chi connectivity index (χ1v) is 6.30. The van der Waals surface area contributed by atoms with Crippen molar-refractivity contribution >= 4 is 0 Å². The highest BCUT2D eigenvalue weighted by Gasteiger charge is 1.96. The molecule has 0 saturated heterocycles. The third-order valence-corrected chi connectivity index (χ3v) is 2.79. The van der Waals surface area contributed by atoms with Crippen LogP contribution in [-0.4, -0.2) is 26.2 Å². The van der Waals surface area contributed by atoms with Gasteiger partial charge in [0.1, 0.15) is 0 Å². The van der Waals surface area contributed by atoms with Crippen LogP contribution in [0.15, 0.2) is 24.3 Å². The summed E-state index contributed by atoms with van der Waals surface area (Å²) in [5.74, 6) is 0. The molecule has 0 aromatic heterocycles. The Morgan fingerprint density at radius 3 is 2.50 bits per heavy atom. The van der Waals surface area contributed by atoms with Crippen LogP contribution in [0.25, 0.3) is 0 Å². The molecular weight excluding hydrogens is 196 g/mol. The van der Waals surface area contributed by atoms with Gasteiger partial charge in [-0.3, -0.25) is 0 Å². The summed E-state index contributed by atoms with van der Waals surface area (Å²) in [7, 11) is 0. The van der Waals surface area contributed by atoms with E-state index >= 15 is 0 Å². The summed E-state index contributed by atoms with van der Waals surface area (Å²) in [5.41, 5.74) is 2.89. The van der Waals surface area contributed by atoms with E-state index in [0.717, 1.165) is 26.2 Å². The standard InChI is InChI=1S/C14H24N2/c1-3-15-11-12-16-10-6-9-14-8-5-4-7-13(14)2/h4-5,7-8,15-16H,3,6,9-12H2,1-2H3. The minimum absolute atomic E-state index is 1.06. The van der Waals surface area contributed by atoms with E-state index in [1.54, 1.807) is 0 Å². The Morgan fingerprint density at radius 1 is 1.00 bits per heavy atom. The van der Waals surface area contributed by atoms with Gasteiger partial charge in [0, 0.05) is 13.1 Å². The van der Waals surface area contributed by atoms with Crippen molar-refractivity contribution in [1.82, 2.24) is 10.6 Å². The fourth-order valence-electron chi connectivity index (χ4n) is 1.77. The molecular formula is C14H24N2. The van der Waals surface area contributed by atoms with Crippen molar-refractivity contribution < 1.29 is 0 Å². The third kappa shape index (κ3) is 5.29. The molecule has 0 fully saturated rings. The summed E-state index contributed by atoms with van der Waals surface area (Å²) < 4.78 is 0. The molecule has 1 rings (SSSR count). The molecule has 0 heterocycles. The van der Waals surface area contributed by atoms with Crippen LogP contribution in [0.5, 0.6) is 0 Å². The van der Waals surface area contributed by atoms with E-state index in [1.807, 2.05) is 0 Å². The first-order chi connectivity index (χ1) is 7.84. The number of hydrogen-bond acceptors (Lipinski definition) is 2. The SMILES string of the molecule is CCNCCNCCCc1ccccc1C. The first kappa shape index (κ1) is 13.2. The molecule has 0 radical (unpaired) electrons. The van der Waals surface area contributed by atoms with Crippen molar-refractivity contribution in [2.75, 3.05) is 26.2 Å². The van der Waals surface area contributed by atoms with E-state index in [2.05, 4.69) is 48.7 Å². The normalized spacial score (nSPS) is 10.6. The number of hydrogen-bond donors (Lipinski definition) is 2. The number of aryl methyl sites for hydroxylation is 2. The molecule has 0 aliphatic rings. The first-order valence-electron chi connectivity index (χ1n) is 6.30. The van der Waals surface area contributed by atoms with Crippen LogP contribution in [0.1, 0.15) is 24.5 Å². The van der Waals surface area contributed by atoms with Crippen LogP contribution in [0, 0.1) is 6.92 Å². The summed E-state index contributed by atoms with van der Waals surface area (Å²) in [4.78, 5) is 0. The summed E-state index contributed by atoms with van der Waals surface area (Å²) in [6, 6.07) is 8.65. The van der Waals surface area contributed by atoms with Crippen LogP contribution >= 0.6 is 0 Å². The Labute approximate surface area is 99.5 Å². The fourth-order valence-corrected chi connectivity index (χ4v) is 1.77. The largest absolute Gasteiger partial charge is 0.316 e. The van der Waals surface area contributed by atoms with Gasteiger partial charge < -0.3 is 10.6 Å². The molecule has 0 unspecified atom stereocenters. The third-order valence-electron chi connectivity index (χ3n) is 2.79. The van der Waals surface area contributed by atoms with E-state index in [0.29, 0.717) is 0 Å². The molecule has 2 heteroatoms. The monoisotopic (exact) mass is 220 g/mol. The average molecular weight is 220 g/mol. The minimum Gasteiger partial charge on any atom is -0.316 e. The van der Waals surface area contributed by atoms with Crippen molar-refractivity contribution in [2.24, 2.45) is 0 Å². The molecule has 2 N–H and O–H groups in total. The second-order valence-corrected chi connectivity index (χ2v) is 4.13. The van der Waals surface area contributed by atoms with Gasteiger partial charge in [-0.2, -0.15) is 0 Å². The molecule has 2 nitrogen and oxygen atoms in total. The topological polar surface area (TPSA) is 24.1 Å². The summed E-state index contributed by atoms with van der Waals surface area (Å²) in [6.45, 7) is 8.64. The van der Waals surface area contributed by atoms with Gasteiger partial charge in [0.05, 0.1) is 0 Å². The van der Waals surface area contributed by atoms with Crippen LogP contribution in [0.3, 0.4) is 0 Å². The highest BCUT2D eigenvalue weighted by atomic mass is 14.9. The fraction of sp³-hybridized carbons (Fsp3) is 0.571. The van der Waals surface area contributed by atoms with Crippen LogP contribution in [0.2, 0.25) is 0 Å². The second kappa shape index (κ2) is 8.31. The lowest BCUT2D eigenvalue weighted by atomic mass is 10.0. The predicted octanol–water partition coefficient (Wildman–Crippen LogP) is 2.13. The van der Waals surface area contributed by atoms with Crippen molar-refractivity contribution in [1.29, 1.82) is 0 Å². The maximum absolute atomic E-state index is 3.45. The molecule has 0 atom stereocenters. The van der Waals surface area contributed by atoms with Crippen LogP contribution in [0.4, 0.5) is 0 Å². The molecule has 0 bridgehead atoms. The lowest BCUT2D eigenvalue weighted by Crippen LogP contribution is -2.27. The van der Waals surface area contributed by atoms with Gasteiger partial charge in [0.2, 0.25) is 0 Å². The van der Waals surface area contributed by atoms with Gasteiger partial charge >= 0.3 is 0 Å². The van der Waals surface area contributed by atoms with Crippen molar-refractivity contribution in [2.45, 2.75) is 26.7 Å². The zero-order chi connectivity index (χ0) is 11.6. The molecule has 16 heavy (non-hydrogen) atoms. The van der Waals surface area contributed by atoms with Gasteiger partial charge in [-0.15, -0.1) is 0 Å². The van der Waals surface area contributed by atoms with E-state index in [9.17, 15) is 0 Å². The molecule has 0 aliphatic heterocycles. The number of nitrogens with one attached hydrogen (secondary N) is 2. The highest BCUT2D eigenvalue weighted by Crippen LogP contribution is 2.08. The second-order valence-electron chi connectivity index (χ2n) is 4.13. The number of rotatable bonds is 8. The maximum Gasteiger partial charge on any atom is 0.00767 e. The quantitative estimate of drug-likeness (QED) is 0.656. The summed E-state index contributed by atoms with van der Waals surface area (Å²) in [6.07, 6.45) is 2.40. The van der Waals surface area contributed by atoms with Gasteiger partial charge in [-0.25, -0.2) is 0 Å². The molecule has 1 aromatic carbocycles. The Hall–Kier alpha value is -0.860. The van der Waals surface area contributed by atoms with Gasteiger partial charge in [0.15, 0.2) is 0 Å². The summed E-state index contributed by atoms with van der Waals surface area (Å²) in [5, 5.41) is 6.75. The summed E-state index contributed by atoms with van der Waals surface area (Å²) >= 11 is 0. The molecule has 0 amide bonds. The maximum atomic E-state index is 3.45. The molecule has 1 aromatic rings. The Balaban J connectivity index is 2.05. The lowest BCUT2D eigenvalue weighted by Gasteiger charge is -2.07. The van der Waals surface area contributed by atoms with Gasteiger partial charge in [-0.1, -0.05) is 31.2 Å². The molecule has 0 aliphatic carbocycles. The van der Waals surface area contributed by atoms with E-state index in [-0.39, 0.29) is 0 Å². The van der Waals surface area contributed by atoms with Crippen molar-refractivity contribution in [3.63, 3.8) is 0 Å². The van der Waals surface area contributed by atoms with Crippen LogP contribution in [-0.2, 0) is 6.42 Å². The molecule has 90 valence electrons. The minimum atomic E-state index is 1.06. The smallest absolute Gasteiger partial charge is 0.00767 e. The molecule has 0 saturated carbocycles.